The van der Waals surface area contributed by atoms with Crippen molar-refractivity contribution >= 4 is 38.8 Å². The van der Waals surface area contributed by atoms with E-state index in [1.807, 2.05) is 71.3 Å². The second kappa shape index (κ2) is 11.5. The molecule has 0 bridgehead atoms. The van der Waals surface area contributed by atoms with Crippen molar-refractivity contribution in [3.05, 3.63) is 161 Å². The standard InChI is InChI=1S/C45H27N5/c46-26-29-21-23-44-37(25-29)36-16-6-10-20-43(36)50(44)45-24-22-32(38(27-47)39(45)28-48)30-11-1-2-12-31(30)33-13-3-7-17-40(33)49-41-18-8-4-14-34(41)35-15-5-9-19-42(35)49/h1-8,10-18,20-25H,9,19H2. The van der Waals surface area contributed by atoms with E-state index in [0.29, 0.717) is 27.9 Å². The maximum Gasteiger partial charge on any atom is 0.103 e. The van der Waals surface area contributed by atoms with E-state index in [1.54, 1.807) is 6.07 Å². The summed E-state index contributed by atoms with van der Waals surface area (Å²) in [6, 6.07) is 49.7. The zero-order valence-corrected chi connectivity index (χ0v) is 26.9. The van der Waals surface area contributed by atoms with Crippen LogP contribution in [-0.2, 0) is 6.42 Å². The Kier molecular flexibility index (Phi) is 6.70. The Morgan fingerprint density at radius 3 is 1.88 bits per heavy atom. The summed E-state index contributed by atoms with van der Waals surface area (Å²) in [7, 11) is 0. The number of allylic oxidation sites excluding steroid dienone is 1. The molecular formula is C45H27N5. The molecule has 0 fully saturated rings. The van der Waals surface area contributed by atoms with Crippen molar-refractivity contribution in [3.8, 4) is 51.8 Å². The second-order valence-corrected chi connectivity index (χ2v) is 12.5. The van der Waals surface area contributed by atoms with Gasteiger partial charge in [-0.05, 0) is 66.4 Å². The fourth-order valence-corrected chi connectivity index (χ4v) is 7.83. The molecule has 1 aliphatic carbocycles. The molecule has 0 N–H and O–H groups in total. The van der Waals surface area contributed by atoms with E-state index in [1.165, 1.54) is 16.6 Å². The molecule has 2 heterocycles. The third-order valence-electron chi connectivity index (χ3n) is 9.95. The molecule has 9 rings (SSSR count). The normalized spacial score (nSPS) is 12.1. The highest BCUT2D eigenvalue weighted by molar-refractivity contribution is 6.10. The van der Waals surface area contributed by atoms with Gasteiger partial charge in [-0.1, -0.05) is 97.1 Å². The molecular weight excluding hydrogens is 611 g/mol. The van der Waals surface area contributed by atoms with Crippen LogP contribution in [0.5, 0.6) is 0 Å². The van der Waals surface area contributed by atoms with Crippen LogP contribution < -0.4 is 0 Å². The molecule has 6 aromatic carbocycles. The smallest absolute Gasteiger partial charge is 0.103 e. The average molecular weight is 638 g/mol. The van der Waals surface area contributed by atoms with Gasteiger partial charge in [-0.25, -0.2) is 0 Å². The van der Waals surface area contributed by atoms with Crippen LogP contribution in [0.25, 0.3) is 72.4 Å². The average Bonchev–Trinajstić information content (AvgIpc) is 3.69. The highest BCUT2D eigenvalue weighted by Gasteiger charge is 2.24. The monoisotopic (exact) mass is 637 g/mol. The van der Waals surface area contributed by atoms with Crippen LogP contribution in [0, 0.1) is 34.0 Å². The first-order valence-electron chi connectivity index (χ1n) is 16.6. The first kappa shape index (κ1) is 29.0. The summed E-state index contributed by atoms with van der Waals surface area (Å²) in [4.78, 5) is 0. The molecule has 5 nitrogen and oxygen atoms in total. The number of para-hydroxylation sites is 3. The zero-order valence-electron chi connectivity index (χ0n) is 26.9. The van der Waals surface area contributed by atoms with E-state index in [9.17, 15) is 15.8 Å². The number of nitrogens with zero attached hydrogens (tertiary/aromatic N) is 5. The number of fused-ring (bicyclic) bond motifs is 6. The van der Waals surface area contributed by atoms with E-state index >= 15 is 0 Å². The van der Waals surface area contributed by atoms with Crippen LogP contribution in [0.4, 0.5) is 0 Å². The molecule has 5 heteroatoms. The SMILES string of the molecule is N#Cc1ccc2c(c1)c1ccccc1n2-c1ccc(-c2ccccc2-c2ccccc2-n2c3c(c4ccccc42)C=CCC3)c(C#N)c1C#N. The molecule has 0 saturated carbocycles. The van der Waals surface area contributed by atoms with Crippen molar-refractivity contribution in [2.45, 2.75) is 12.8 Å². The minimum atomic E-state index is 0.303. The van der Waals surface area contributed by atoms with Crippen molar-refractivity contribution in [2.75, 3.05) is 0 Å². The van der Waals surface area contributed by atoms with Crippen LogP contribution >= 0.6 is 0 Å². The molecule has 0 spiro atoms. The molecule has 0 unspecified atom stereocenters. The molecule has 0 saturated heterocycles. The number of hydrogen-bond acceptors (Lipinski definition) is 3. The van der Waals surface area contributed by atoms with E-state index in [4.69, 9.17) is 0 Å². The number of hydrogen-bond donors (Lipinski definition) is 0. The molecule has 50 heavy (non-hydrogen) atoms. The minimum Gasteiger partial charge on any atom is -0.312 e. The first-order chi connectivity index (χ1) is 24.7. The topological polar surface area (TPSA) is 81.2 Å². The summed E-state index contributed by atoms with van der Waals surface area (Å²) < 4.78 is 4.43. The van der Waals surface area contributed by atoms with E-state index in [-0.39, 0.29) is 0 Å². The molecule has 1 aliphatic rings. The Morgan fingerprint density at radius 2 is 1.12 bits per heavy atom. The van der Waals surface area contributed by atoms with Crippen LogP contribution in [-0.4, -0.2) is 9.13 Å². The third kappa shape index (κ3) is 4.23. The minimum absolute atomic E-state index is 0.303. The fraction of sp³-hybridized carbons (Fsp3) is 0.0444. The number of aromatic nitrogens is 2. The third-order valence-corrected chi connectivity index (χ3v) is 9.95. The Labute approximate surface area is 289 Å². The van der Waals surface area contributed by atoms with Gasteiger partial charge in [0, 0.05) is 38.5 Å². The van der Waals surface area contributed by atoms with Gasteiger partial charge in [0.1, 0.15) is 12.1 Å². The van der Waals surface area contributed by atoms with Gasteiger partial charge in [0.25, 0.3) is 0 Å². The Hall–Kier alpha value is -7.13. The summed E-state index contributed by atoms with van der Waals surface area (Å²) in [5.41, 5.74) is 12.0. The van der Waals surface area contributed by atoms with Gasteiger partial charge in [-0.3, -0.25) is 0 Å². The molecule has 2 aromatic heterocycles. The van der Waals surface area contributed by atoms with E-state index < -0.39 is 0 Å². The summed E-state index contributed by atoms with van der Waals surface area (Å²) in [6.07, 6.45) is 6.44. The number of nitriles is 3. The maximum atomic E-state index is 10.8. The lowest BCUT2D eigenvalue weighted by Gasteiger charge is -2.20. The molecule has 0 aliphatic heterocycles. The van der Waals surface area contributed by atoms with Gasteiger partial charge in [0.05, 0.1) is 50.7 Å². The largest absolute Gasteiger partial charge is 0.312 e. The maximum absolute atomic E-state index is 10.8. The van der Waals surface area contributed by atoms with Crippen molar-refractivity contribution in [1.29, 1.82) is 15.8 Å². The van der Waals surface area contributed by atoms with Crippen molar-refractivity contribution < 1.29 is 0 Å². The molecule has 232 valence electrons. The second-order valence-electron chi connectivity index (χ2n) is 12.5. The van der Waals surface area contributed by atoms with Gasteiger partial charge < -0.3 is 9.13 Å². The highest BCUT2D eigenvalue weighted by Crippen LogP contribution is 2.42. The van der Waals surface area contributed by atoms with Crippen molar-refractivity contribution in [1.82, 2.24) is 9.13 Å². The van der Waals surface area contributed by atoms with Gasteiger partial charge >= 0.3 is 0 Å². The Morgan fingerprint density at radius 1 is 0.480 bits per heavy atom. The first-order valence-corrected chi connectivity index (χ1v) is 16.6. The molecule has 8 aromatic rings. The predicted octanol–water partition coefficient (Wildman–Crippen LogP) is 10.6. The van der Waals surface area contributed by atoms with Crippen molar-refractivity contribution in [3.63, 3.8) is 0 Å². The Balaban J connectivity index is 1.28. The van der Waals surface area contributed by atoms with Crippen LogP contribution in [0.2, 0.25) is 0 Å². The lowest BCUT2D eigenvalue weighted by Crippen LogP contribution is -2.05. The van der Waals surface area contributed by atoms with Crippen molar-refractivity contribution in [2.24, 2.45) is 0 Å². The lowest BCUT2D eigenvalue weighted by molar-refractivity contribution is 0.889. The van der Waals surface area contributed by atoms with Gasteiger partial charge in [0.2, 0.25) is 0 Å². The lowest BCUT2D eigenvalue weighted by atomic mass is 9.89. The molecule has 0 atom stereocenters. The van der Waals surface area contributed by atoms with Crippen LogP contribution in [0.3, 0.4) is 0 Å². The fourth-order valence-electron chi connectivity index (χ4n) is 7.83. The Bertz CT molecular complexity index is 2860. The van der Waals surface area contributed by atoms with E-state index in [0.717, 1.165) is 62.5 Å². The van der Waals surface area contributed by atoms with Gasteiger partial charge in [-0.15, -0.1) is 0 Å². The highest BCUT2D eigenvalue weighted by atomic mass is 15.0. The predicted molar refractivity (Wildman–Crippen MR) is 200 cm³/mol. The number of benzene rings is 6. The van der Waals surface area contributed by atoms with Crippen LogP contribution in [0.15, 0.2) is 133 Å². The number of rotatable bonds is 4. The summed E-state index contributed by atoms with van der Waals surface area (Å²) in [6.45, 7) is 0. The van der Waals surface area contributed by atoms with E-state index in [2.05, 4.69) is 89.5 Å². The summed E-state index contributed by atoms with van der Waals surface area (Å²) in [5.74, 6) is 0. The molecule has 0 radical (unpaired) electrons. The summed E-state index contributed by atoms with van der Waals surface area (Å²) in [5, 5.41) is 34.2. The summed E-state index contributed by atoms with van der Waals surface area (Å²) >= 11 is 0. The van der Waals surface area contributed by atoms with Gasteiger partial charge in [-0.2, -0.15) is 15.8 Å². The van der Waals surface area contributed by atoms with Crippen LogP contribution in [0.1, 0.15) is 34.4 Å². The quantitative estimate of drug-likeness (QED) is 0.193. The van der Waals surface area contributed by atoms with Gasteiger partial charge in [0.15, 0.2) is 0 Å². The molecule has 0 amide bonds. The zero-order chi connectivity index (χ0) is 33.8.